The zero-order valence-electron chi connectivity index (χ0n) is 9.01. The van der Waals surface area contributed by atoms with Crippen molar-refractivity contribution in [2.45, 2.75) is 13.0 Å². The summed E-state index contributed by atoms with van der Waals surface area (Å²) in [5.41, 5.74) is 2.64. The monoisotopic (exact) mass is 212 g/mol. The standard InChI is InChI=1S/C12H12N4/c1-8-6-14-12(15-8)11-7-13-9-4-2-3-5-10(9)16-11/h2-5,7-8H,6H2,1H3,(H,14,15). The van der Waals surface area contributed by atoms with Crippen LogP contribution in [0.15, 0.2) is 35.5 Å². The SMILES string of the molecule is CC1CN=C(c2cnc3ccccc3n2)N1. The van der Waals surface area contributed by atoms with Gasteiger partial charge in [-0.3, -0.25) is 9.98 Å². The summed E-state index contributed by atoms with van der Waals surface area (Å²) in [5.74, 6) is 0.853. The maximum atomic E-state index is 4.54. The summed E-state index contributed by atoms with van der Waals surface area (Å²) in [6.07, 6.45) is 1.77. The van der Waals surface area contributed by atoms with Crippen LogP contribution in [0.5, 0.6) is 0 Å². The highest BCUT2D eigenvalue weighted by Crippen LogP contribution is 2.10. The maximum absolute atomic E-state index is 4.54. The molecular formula is C12H12N4. The number of amidine groups is 1. The van der Waals surface area contributed by atoms with Gasteiger partial charge in [-0.15, -0.1) is 0 Å². The van der Waals surface area contributed by atoms with Crippen molar-refractivity contribution in [1.82, 2.24) is 15.3 Å². The molecule has 0 saturated heterocycles. The lowest BCUT2D eigenvalue weighted by atomic mass is 10.3. The molecule has 0 saturated carbocycles. The Hall–Kier alpha value is -1.97. The topological polar surface area (TPSA) is 50.2 Å². The summed E-state index contributed by atoms with van der Waals surface area (Å²) in [7, 11) is 0. The van der Waals surface area contributed by atoms with Crippen LogP contribution < -0.4 is 5.32 Å². The lowest BCUT2D eigenvalue weighted by Gasteiger charge is -2.05. The molecule has 0 spiro atoms. The second kappa shape index (κ2) is 3.56. The minimum absolute atomic E-state index is 0.392. The first kappa shape index (κ1) is 9.27. The van der Waals surface area contributed by atoms with Gasteiger partial charge < -0.3 is 5.32 Å². The van der Waals surface area contributed by atoms with Crippen LogP contribution in [0.1, 0.15) is 12.6 Å². The van der Waals surface area contributed by atoms with Crippen LogP contribution in [-0.4, -0.2) is 28.4 Å². The van der Waals surface area contributed by atoms with E-state index in [1.165, 1.54) is 0 Å². The first-order valence-corrected chi connectivity index (χ1v) is 5.36. The van der Waals surface area contributed by atoms with E-state index in [4.69, 9.17) is 0 Å². The number of rotatable bonds is 1. The molecule has 0 amide bonds. The van der Waals surface area contributed by atoms with Crippen molar-refractivity contribution < 1.29 is 0 Å². The lowest BCUT2D eigenvalue weighted by molar-refractivity contribution is 0.725. The average molecular weight is 212 g/mol. The van der Waals surface area contributed by atoms with Crippen molar-refractivity contribution in [1.29, 1.82) is 0 Å². The van der Waals surface area contributed by atoms with Gasteiger partial charge in [0.2, 0.25) is 0 Å². The molecule has 1 aliphatic rings. The molecule has 3 rings (SSSR count). The number of nitrogens with one attached hydrogen (secondary N) is 1. The van der Waals surface area contributed by atoms with E-state index >= 15 is 0 Å². The number of para-hydroxylation sites is 2. The summed E-state index contributed by atoms with van der Waals surface area (Å²) in [4.78, 5) is 13.3. The minimum atomic E-state index is 0.392. The molecule has 0 radical (unpaired) electrons. The van der Waals surface area contributed by atoms with Gasteiger partial charge in [-0.05, 0) is 19.1 Å². The zero-order chi connectivity index (χ0) is 11.0. The molecule has 2 heterocycles. The number of fused-ring (bicyclic) bond motifs is 1. The molecule has 1 aliphatic heterocycles. The minimum Gasteiger partial charge on any atom is -0.364 e. The third-order valence-corrected chi connectivity index (χ3v) is 2.60. The molecule has 1 aromatic heterocycles. The first-order chi connectivity index (χ1) is 7.83. The largest absolute Gasteiger partial charge is 0.364 e. The third kappa shape index (κ3) is 1.52. The van der Waals surface area contributed by atoms with Crippen molar-refractivity contribution >= 4 is 16.9 Å². The van der Waals surface area contributed by atoms with Gasteiger partial charge in [0, 0.05) is 6.04 Å². The van der Waals surface area contributed by atoms with Crippen LogP contribution in [0.4, 0.5) is 0 Å². The molecule has 1 aromatic carbocycles. The fraction of sp³-hybridized carbons (Fsp3) is 0.250. The van der Waals surface area contributed by atoms with Crippen LogP contribution in [0, 0.1) is 0 Å². The van der Waals surface area contributed by atoms with E-state index in [2.05, 4.69) is 27.2 Å². The van der Waals surface area contributed by atoms with Crippen molar-refractivity contribution in [2.24, 2.45) is 4.99 Å². The molecule has 2 aromatic rings. The molecule has 0 aliphatic carbocycles. The molecule has 4 heteroatoms. The van der Waals surface area contributed by atoms with Crippen LogP contribution in [0.2, 0.25) is 0 Å². The first-order valence-electron chi connectivity index (χ1n) is 5.36. The Bertz CT molecular complexity index is 562. The number of hydrogen-bond donors (Lipinski definition) is 1. The Kier molecular flexibility index (Phi) is 2.06. The van der Waals surface area contributed by atoms with Crippen molar-refractivity contribution in [3.63, 3.8) is 0 Å². The third-order valence-electron chi connectivity index (χ3n) is 2.60. The predicted molar refractivity (Wildman–Crippen MR) is 63.5 cm³/mol. The molecular weight excluding hydrogens is 200 g/mol. The summed E-state index contributed by atoms with van der Waals surface area (Å²) in [6.45, 7) is 2.91. The normalized spacial score (nSPS) is 19.6. The van der Waals surface area contributed by atoms with Crippen molar-refractivity contribution in [3.05, 3.63) is 36.2 Å². The van der Waals surface area contributed by atoms with Gasteiger partial charge in [0.05, 0.1) is 23.8 Å². The van der Waals surface area contributed by atoms with Gasteiger partial charge in [-0.1, -0.05) is 12.1 Å². The number of aliphatic imine (C=N–C) groups is 1. The van der Waals surface area contributed by atoms with E-state index in [0.717, 1.165) is 29.1 Å². The number of nitrogens with zero attached hydrogens (tertiary/aromatic N) is 3. The van der Waals surface area contributed by atoms with E-state index in [1.807, 2.05) is 24.3 Å². The van der Waals surface area contributed by atoms with Crippen molar-refractivity contribution in [3.8, 4) is 0 Å². The van der Waals surface area contributed by atoms with Crippen molar-refractivity contribution in [2.75, 3.05) is 6.54 Å². The Labute approximate surface area is 93.5 Å². The Balaban J connectivity index is 2.05. The highest BCUT2D eigenvalue weighted by molar-refractivity contribution is 5.99. The van der Waals surface area contributed by atoms with Crippen LogP contribution in [0.25, 0.3) is 11.0 Å². The second-order valence-corrected chi connectivity index (χ2v) is 3.98. The maximum Gasteiger partial charge on any atom is 0.149 e. The van der Waals surface area contributed by atoms with Gasteiger partial charge in [-0.2, -0.15) is 0 Å². The van der Waals surface area contributed by atoms with Crippen LogP contribution >= 0.6 is 0 Å². The number of aromatic nitrogens is 2. The highest BCUT2D eigenvalue weighted by Gasteiger charge is 2.15. The quantitative estimate of drug-likeness (QED) is 0.776. The lowest BCUT2D eigenvalue weighted by Crippen LogP contribution is -2.28. The van der Waals surface area contributed by atoms with E-state index in [9.17, 15) is 0 Å². The van der Waals surface area contributed by atoms with Gasteiger partial charge in [0.25, 0.3) is 0 Å². The van der Waals surface area contributed by atoms with Crippen LogP contribution in [0.3, 0.4) is 0 Å². The molecule has 1 N–H and O–H groups in total. The fourth-order valence-electron chi connectivity index (χ4n) is 1.78. The van der Waals surface area contributed by atoms with Gasteiger partial charge in [-0.25, -0.2) is 4.98 Å². The number of hydrogen-bond acceptors (Lipinski definition) is 4. The van der Waals surface area contributed by atoms with Gasteiger partial charge in [0.1, 0.15) is 11.5 Å². The van der Waals surface area contributed by atoms with E-state index in [0.29, 0.717) is 6.04 Å². The fourth-order valence-corrected chi connectivity index (χ4v) is 1.78. The van der Waals surface area contributed by atoms with E-state index in [1.54, 1.807) is 6.20 Å². The molecule has 16 heavy (non-hydrogen) atoms. The van der Waals surface area contributed by atoms with Gasteiger partial charge in [0.15, 0.2) is 0 Å². The Morgan fingerprint density at radius 1 is 1.25 bits per heavy atom. The molecule has 1 unspecified atom stereocenters. The van der Waals surface area contributed by atoms with E-state index < -0.39 is 0 Å². The molecule has 80 valence electrons. The highest BCUT2D eigenvalue weighted by atomic mass is 15.1. The summed E-state index contributed by atoms with van der Waals surface area (Å²) >= 11 is 0. The van der Waals surface area contributed by atoms with E-state index in [-0.39, 0.29) is 0 Å². The number of benzene rings is 1. The zero-order valence-corrected chi connectivity index (χ0v) is 9.01. The Morgan fingerprint density at radius 3 is 2.81 bits per heavy atom. The predicted octanol–water partition coefficient (Wildman–Crippen LogP) is 1.37. The average Bonchev–Trinajstić information content (AvgIpc) is 2.75. The molecule has 4 nitrogen and oxygen atoms in total. The molecule has 0 fully saturated rings. The van der Waals surface area contributed by atoms with Gasteiger partial charge >= 0.3 is 0 Å². The molecule has 0 bridgehead atoms. The smallest absolute Gasteiger partial charge is 0.149 e. The summed E-state index contributed by atoms with van der Waals surface area (Å²) in [5, 5.41) is 3.28. The Morgan fingerprint density at radius 2 is 2.06 bits per heavy atom. The summed E-state index contributed by atoms with van der Waals surface area (Å²) in [6, 6.07) is 8.24. The van der Waals surface area contributed by atoms with Crippen LogP contribution in [-0.2, 0) is 0 Å². The second-order valence-electron chi connectivity index (χ2n) is 3.98. The molecule has 1 atom stereocenters. The summed E-state index contributed by atoms with van der Waals surface area (Å²) < 4.78 is 0.